The maximum atomic E-state index is 10.1. The molecule has 0 aliphatic heterocycles. The van der Waals surface area contributed by atoms with Crippen molar-refractivity contribution in [1.82, 2.24) is 4.90 Å². The fraction of sp³-hybridized carbons (Fsp3) is 0.333. The molecule has 1 atom stereocenters. The van der Waals surface area contributed by atoms with E-state index in [1.165, 1.54) is 4.88 Å². The van der Waals surface area contributed by atoms with Crippen molar-refractivity contribution in [2.24, 2.45) is 0 Å². The first kappa shape index (κ1) is 14.5. The van der Waals surface area contributed by atoms with Crippen molar-refractivity contribution in [3.63, 3.8) is 0 Å². The highest BCUT2D eigenvalue weighted by Gasteiger charge is 2.09. The third-order valence-electron chi connectivity index (χ3n) is 3.02. The second-order valence-corrected chi connectivity index (χ2v) is 6.15. The Kier molecular flexibility index (Phi) is 5.40. The van der Waals surface area contributed by atoms with E-state index in [2.05, 4.69) is 29.5 Å². The van der Waals surface area contributed by atoms with Crippen molar-refractivity contribution in [2.75, 3.05) is 13.6 Å². The minimum absolute atomic E-state index is 0.454. The van der Waals surface area contributed by atoms with Gasteiger partial charge >= 0.3 is 0 Å². The molecule has 1 unspecified atom stereocenters. The molecule has 102 valence electrons. The van der Waals surface area contributed by atoms with Crippen LogP contribution in [0.5, 0.6) is 0 Å². The number of thiophene rings is 1. The van der Waals surface area contributed by atoms with Gasteiger partial charge in [-0.2, -0.15) is 0 Å². The van der Waals surface area contributed by atoms with Gasteiger partial charge in [-0.05, 0) is 42.6 Å². The Labute approximate surface area is 123 Å². The number of aliphatic hydroxyl groups is 1. The van der Waals surface area contributed by atoms with Crippen LogP contribution in [0.3, 0.4) is 0 Å². The Morgan fingerprint density at radius 2 is 2.16 bits per heavy atom. The average Bonchev–Trinajstić information content (AvgIpc) is 2.88. The highest BCUT2D eigenvalue weighted by Crippen LogP contribution is 2.21. The predicted octanol–water partition coefficient (Wildman–Crippen LogP) is 3.96. The number of rotatable bonds is 6. The molecule has 2 rings (SSSR count). The van der Waals surface area contributed by atoms with Gasteiger partial charge < -0.3 is 10.0 Å². The first-order valence-electron chi connectivity index (χ1n) is 6.29. The summed E-state index contributed by atoms with van der Waals surface area (Å²) in [5.41, 5.74) is 0.886. The van der Waals surface area contributed by atoms with E-state index in [4.69, 9.17) is 11.6 Å². The minimum Gasteiger partial charge on any atom is -0.388 e. The number of nitrogens with zero attached hydrogens (tertiary/aromatic N) is 1. The molecule has 1 heterocycles. The molecule has 0 saturated heterocycles. The van der Waals surface area contributed by atoms with Crippen LogP contribution in [-0.4, -0.2) is 23.6 Å². The van der Waals surface area contributed by atoms with E-state index in [-0.39, 0.29) is 0 Å². The summed E-state index contributed by atoms with van der Waals surface area (Å²) < 4.78 is 0. The molecule has 2 aromatic rings. The summed E-state index contributed by atoms with van der Waals surface area (Å²) in [6, 6.07) is 11.6. The molecule has 0 amide bonds. The van der Waals surface area contributed by atoms with Crippen molar-refractivity contribution < 1.29 is 5.11 Å². The van der Waals surface area contributed by atoms with Crippen LogP contribution < -0.4 is 0 Å². The molecule has 0 aliphatic rings. The molecule has 0 saturated carbocycles. The van der Waals surface area contributed by atoms with Crippen LogP contribution in [0.1, 0.15) is 23.0 Å². The SMILES string of the molecule is CN(CCC(O)c1cccc(Cl)c1)Cc1cccs1. The zero-order valence-corrected chi connectivity index (χ0v) is 12.5. The standard InChI is InChI=1S/C15H18ClNOS/c1-17(11-14-6-3-9-19-14)8-7-15(18)12-4-2-5-13(16)10-12/h2-6,9-10,15,18H,7-8,11H2,1H3. The van der Waals surface area contributed by atoms with E-state index in [0.717, 1.165) is 18.7 Å². The molecule has 0 radical (unpaired) electrons. The number of hydrogen-bond donors (Lipinski definition) is 1. The molecule has 0 spiro atoms. The first-order chi connectivity index (χ1) is 9.15. The summed E-state index contributed by atoms with van der Waals surface area (Å²) in [7, 11) is 2.07. The summed E-state index contributed by atoms with van der Waals surface area (Å²) in [6.07, 6.45) is 0.256. The molecule has 1 aromatic heterocycles. The molecule has 19 heavy (non-hydrogen) atoms. The van der Waals surface area contributed by atoms with Crippen molar-refractivity contribution in [1.29, 1.82) is 0 Å². The lowest BCUT2D eigenvalue weighted by molar-refractivity contribution is 0.148. The fourth-order valence-corrected chi connectivity index (χ4v) is 2.95. The average molecular weight is 296 g/mol. The van der Waals surface area contributed by atoms with Gasteiger partial charge in [0.15, 0.2) is 0 Å². The maximum Gasteiger partial charge on any atom is 0.0802 e. The first-order valence-corrected chi connectivity index (χ1v) is 7.55. The topological polar surface area (TPSA) is 23.5 Å². The highest BCUT2D eigenvalue weighted by molar-refractivity contribution is 7.09. The van der Waals surface area contributed by atoms with Gasteiger partial charge in [-0.25, -0.2) is 0 Å². The van der Waals surface area contributed by atoms with Gasteiger partial charge in [0.1, 0.15) is 0 Å². The molecule has 0 bridgehead atoms. The van der Waals surface area contributed by atoms with E-state index >= 15 is 0 Å². The lowest BCUT2D eigenvalue weighted by Gasteiger charge is -2.18. The molecular weight excluding hydrogens is 278 g/mol. The molecule has 1 aromatic carbocycles. The maximum absolute atomic E-state index is 10.1. The van der Waals surface area contributed by atoms with Crippen LogP contribution in [0.25, 0.3) is 0 Å². The van der Waals surface area contributed by atoms with E-state index < -0.39 is 6.10 Å². The van der Waals surface area contributed by atoms with Crippen LogP contribution in [-0.2, 0) is 6.54 Å². The van der Waals surface area contributed by atoms with Gasteiger partial charge in [0.25, 0.3) is 0 Å². The van der Waals surface area contributed by atoms with Gasteiger partial charge in [0.05, 0.1) is 6.10 Å². The number of aliphatic hydroxyl groups excluding tert-OH is 1. The van der Waals surface area contributed by atoms with Crippen molar-refractivity contribution in [2.45, 2.75) is 19.1 Å². The monoisotopic (exact) mass is 295 g/mol. The Morgan fingerprint density at radius 1 is 1.32 bits per heavy atom. The van der Waals surface area contributed by atoms with Crippen LogP contribution in [0.4, 0.5) is 0 Å². The second-order valence-electron chi connectivity index (χ2n) is 4.68. The zero-order valence-electron chi connectivity index (χ0n) is 10.9. The smallest absolute Gasteiger partial charge is 0.0802 e. The summed E-state index contributed by atoms with van der Waals surface area (Å²) in [6.45, 7) is 1.78. The third-order valence-corrected chi connectivity index (χ3v) is 4.12. The van der Waals surface area contributed by atoms with Gasteiger partial charge in [-0.1, -0.05) is 29.8 Å². The van der Waals surface area contributed by atoms with Crippen molar-refractivity contribution >= 4 is 22.9 Å². The quantitative estimate of drug-likeness (QED) is 0.872. The predicted molar refractivity (Wildman–Crippen MR) is 81.7 cm³/mol. The Hall–Kier alpha value is -0.870. The van der Waals surface area contributed by atoms with Crippen LogP contribution in [0.15, 0.2) is 41.8 Å². The Morgan fingerprint density at radius 3 is 2.84 bits per heavy atom. The summed E-state index contributed by atoms with van der Waals surface area (Å²) in [5, 5.41) is 12.9. The largest absolute Gasteiger partial charge is 0.388 e. The van der Waals surface area contributed by atoms with Crippen LogP contribution in [0, 0.1) is 0 Å². The molecule has 0 fully saturated rings. The van der Waals surface area contributed by atoms with Crippen molar-refractivity contribution in [3.8, 4) is 0 Å². The van der Waals surface area contributed by atoms with Gasteiger partial charge in [0.2, 0.25) is 0 Å². The second kappa shape index (κ2) is 7.06. The highest BCUT2D eigenvalue weighted by atomic mass is 35.5. The fourth-order valence-electron chi connectivity index (χ4n) is 1.97. The summed E-state index contributed by atoms with van der Waals surface area (Å²) >= 11 is 7.69. The van der Waals surface area contributed by atoms with E-state index in [0.29, 0.717) is 11.4 Å². The normalized spacial score (nSPS) is 12.8. The van der Waals surface area contributed by atoms with Gasteiger partial charge in [-0.3, -0.25) is 0 Å². The Bertz CT molecular complexity index is 501. The summed E-state index contributed by atoms with van der Waals surface area (Å²) in [5.74, 6) is 0. The van der Waals surface area contributed by atoms with E-state index in [9.17, 15) is 5.11 Å². The van der Waals surface area contributed by atoms with E-state index in [1.54, 1.807) is 11.3 Å². The van der Waals surface area contributed by atoms with Gasteiger partial charge in [0, 0.05) is 23.0 Å². The minimum atomic E-state index is -0.454. The molecular formula is C15H18ClNOS. The third kappa shape index (κ3) is 4.62. The van der Waals surface area contributed by atoms with Gasteiger partial charge in [-0.15, -0.1) is 11.3 Å². The Balaban J connectivity index is 1.81. The molecule has 0 aliphatic carbocycles. The lowest BCUT2D eigenvalue weighted by atomic mass is 10.1. The van der Waals surface area contributed by atoms with E-state index in [1.807, 2.05) is 24.3 Å². The number of hydrogen-bond acceptors (Lipinski definition) is 3. The zero-order chi connectivity index (χ0) is 13.7. The number of benzene rings is 1. The summed E-state index contributed by atoms with van der Waals surface area (Å²) in [4.78, 5) is 3.57. The molecule has 4 heteroatoms. The molecule has 2 nitrogen and oxygen atoms in total. The van der Waals surface area contributed by atoms with Crippen LogP contribution >= 0.6 is 22.9 Å². The van der Waals surface area contributed by atoms with Crippen molar-refractivity contribution in [3.05, 3.63) is 57.2 Å². The van der Waals surface area contributed by atoms with Crippen LogP contribution in [0.2, 0.25) is 5.02 Å². The lowest BCUT2D eigenvalue weighted by Crippen LogP contribution is -2.20. The number of halogens is 1. The molecule has 1 N–H and O–H groups in total.